The number of rotatable bonds is 4. The van der Waals surface area contributed by atoms with Gasteiger partial charge in [-0.2, -0.15) is 11.8 Å². The van der Waals surface area contributed by atoms with E-state index in [1.54, 1.807) is 17.8 Å². The summed E-state index contributed by atoms with van der Waals surface area (Å²) in [6.45, 7) is 0. The number of nitrogens with zero attached hydrogens (tertiary/aromatic N) is 2. The number of thioether (sulfide) groups is 1. The number of carbonyl (C=O) groups excluding carboxylic acids is 1. The van der Waals surface area contributed by atoms with Crippen LogP contribution in [0.1, 0.15) is 44.9 Å². The van der Waals surface area contributed by atoms with Crippen molar-refractivity contribution in [3.8, 4) is 0 Å². The van der Waals surface area contributed by atoms with Crippen LogP contribution in [0.5, 0.6) is 0 Å². The van der Waals surface area contributed by atoms with Crippen molar-refractivity contribution in [2.75, 3.05) is 5.75 Å². The predicted molar refractivity (Wildman–Crippen MR) is 107 cm³/mol. The highest BCUT2D eigenvalue weighted by atomic mass is 32.2. The number of amidine groups is 1. The van der Waals surface area contributed by atoms with Gasteiger partial charge >= 0.3 is 0 Å². The summed E-state index contributed by atoms with van der Waals surface area (Å²) in [5.74, 6) is -1.01. The first-order chi connectivity index (χ1) is 13.5. The maximum Gasteiger partial charge on any atom is 0.241 e. The fourth-order valence-corrected chi connectivity index (χ4v) is 5.32. The maximum absolute atomic E-state index is 14.5. The van der Waals surface area contributed by atoms with Crippen LogP contribution in [0.3, 0.4) is 0 Å². The number of aliphatic imine (C=N–C) groups is 2. The Bertz CT molecular complexity index is 757. The summed E-state index contributed by atoms with van der Waals surface area (Å²) in [5, 5.41) is 12.7. The SMILES string of the molecule is O=C1NC(CSC2CCC(O)CC2)=NC2=CC(=N[C@@H]3CCC[C@@H]3F)C=C(F)C12. The first-order valence-corrected chi connectivity index (χ1v) is 11.0. The van der Waals surface area contributed by atoms with E-state index in [0.29, 0.717) is 41.1 Å². The molecule has 2 N–H and O–H groups in total. The summed E-state index contributed by atoms with van der Waals surface area (Å²) in [6, 6.07) is -0.439. The standard InChI is InChI=1S/C20H25F2N3O2S/c21-14-2-1-3-16(14)23-11-8-15(22)19-17(9-11)24-18(25-20(19)27)10-28-13-6-4-12(26)5-7-13/h8-9,12-14,16,19,26H,1-7,10H2,(H,24,25,27)/t12?,13?,14-,16+,19?/m0/s1. The Morgan fingerprint density at radius 3 is 2.71 bits per heavy atom. The van der Waals surface area contributed by atoms with E-state index in [9.17, 15) is 18.7 Å². The topological polar surface area (TPSA) is 74.0 Å². The van der Waals surface area contributed by atoms with Gasteiger partial charge in [-0.3, -0.25) is 9.79 Å². The van der Waals surface area contributed by atoms with Crippen LogP contribution in [0.2, 0.25) is 0 Å². The summed E-state index contributed by atoms with van der Waals surface area (Å²) in [7, 11) is 0. The van der Waals surface area contributed by atoms with Crippen molar-refractivity contribution in [2.24, 2.45) is 15.9 Å². The van der Waals surface area contributed by atoms with Gasteiger partial charge < -0.3 is 10.4 Å². The van der Waals surface area contributed by atoms with Crippen molar-refractivity contribution in [1.29, 1.82) is 0 Å². The van der Waals surface area contributed by atoms with Gasteiger partial charge in [0.25, 0.3) is 0 Å². The van der Waals surface area contributed by atoms with Gasteiger partial charge in [-0.15, -0.1) is 0 Å². The number of alkyl halides is 1. The lowest BCUT2D eigenvalue weighted by molar-refractivity contribution is -0.122. The summed E-state index contributed by atoms with van der Waals surface area (Å²) in [4.78, 5) is 21.2. The van der Waals surface area contributed by atoms with Crippen LogP contribution < -0.4 is 5.32 Å². The third-order valence-corrected chi connectivity index (χ3v) is 7.14. The lowest BCUT2D eigenvalue weighted by Crippen LogP contribution is -2.43. The van der Waals surface area contributed by atoms with Gasteiger partial charge in [0.05, 0.1) is 29.3 Å². The fourth-order valence-electron chi connectivity index (χ4n) is 4.18. The Balaban J connectivity index is 1.47. The Morgan fingerprint density at radius 1 is 1.21 bits per heavy atom. The van der Waals surface area contributed by atoms with Crippen molar-refractivity contribution < 1.29 is 18.7 Å². The normalized spacial score (nSPS) is 37.1. The molecule has 1 unspecified atom stereocenters. The quantitative estimate of drug-likeness (QED) is 0.749. The van der Waals surface area contributed by atoms with E-state index in [1.807, 2.05) is 0 Å². The molecule has 0 saturated heterocycles. The summed E-state index contributed by atoms with van der Waals surface area (Å²) < 4.78 is 28.4. The predicted octanol–water partition coefficient (Wildman–Crippen LogP) is 3.25. The molecule has 1 heterocycles. The van der Waals surface area contributed by atoms with Crippen LogP contribution in [0, 0.1) is 5.92 Å². The van der Waals surface area contributed by atoms with Gasteiger partial charge in [-0.25, -0.2) is 13.8 Å². The largest absolute Gasteiger partial charge is 0.393 e. The molecule has 0 aromatic rings. The number of aliphatic hydroxyl groups is 1. The van der Waals surface area contributed by atoms with Crippen LogP contribution in [-0.4, -0.2) is 51.9 Å². The average Bonchev–Trinajstić information content (AvgIpc) is 3.05. The second kappa shape index (κ2) is 8.45. The number of carbonyl (C=O) groups is 1. The van der Waals surface area contributed by atoms with Gasteiger partial charge in [0, 0.05) is 5.25 Å². The number of fused-ring (bicyclic) bond motifs is 1. The molecule has 0 radical (unpaired) electrons. The van der Waals surface area contributed by atoms with E-state index in [0.717, 1.165) is 32.1 Å². The highest BCUT2D eigenvalue weighted by Crippen LogP contribution is 2.33. The van der Waals surface area contributed by atoms with Crippen LogP contribution in [0.4, 0.5) is 8.78 Å². The van der Waals surface area contributed by atoms with Crippen LogP contribution in [-0.2, 0) is 4.79 Å². The first kappa shape index (κ1) is 19.8. The maximum atomic E-state index is 14.5. The molecular formula is C20H25F2N3O2S. The number of nitrogens with one attached hydrogen (secondary N) is 1. The zero-order valence-corrected chi connectivity index (χ0v) is 16.4. The molecule has 1 amide bonds. The zero-order valence-electron chi connectivity index (χ0n) is 15.6. The molecule has 3 aliphatic carbocycles. The molecule has 0 spiro atoms. The molecule has 4 aliphatic rings. The van der Waals surface area contributed by atoms with E-state index in [1.165, 1.54) is 6.08 Å². The highest BCUT2D eigenvalue weighted by Gasteiger charge is 2.36. The van der Waals surface area contributed by atoms with Crippen LogP contribution in [0.15, 0.2) is 33.7 Å². The van der Waals surface area contributed by atoms with Gasteiger partial charge in [0.1, 0.15) is 23.8 Å². The lowest BCUT2D eigenvalue weighted by atomic mass is 9.94. The minimum Gasteiger partial charge on any atom is -0.393 e. The molecular weight excluding hydrogens is 384 g/mol. The van der Waals surface area contributed by atoms with Crippen molar-refractivity contribution in [3.63, 3.8) is 0 Å². The molecule has 152 valence electrons. The minimum atomic E-state index is -1.04. The minimum absolute atomic E-state index is 0.201. The number of amides is 1. The molecule has 28 heavy (non-hydrogen) atoms. The molecule has 0 bridgehead atoms. The van der Waals surface area contributed by atoms with Crippen molar-refractivity contribution >= 4 is 29.2 Å². The molecule has 1 aliphatic heterocycles. The molecule has 0 aromatic carbocycles. The van der Waals surface area contributed by atoms with Gasteiger partial charge in [0.15, 0.2) is 0 Å². The van der Waals surface area contributed by atoms with Crippen LogP contribution in [0.25, 0.3) is 0 Å². The van der Waals surface area contributed by atoms with E-state index < -0.39 is 29.9 Å². The number of hydrogen-bond donors (Lipinski definition) is 2. The third-order valence-electron chi connectivity index (χ3n) is 5.76. The molecule has 0 aromatic heterocycles. The zero-order chi connectivity index (χ0) is 19.7. The van der Waals surface area contributed by atoms with Crippen LogP contribution >= 0.6 is 11.8 Å². The second-order valence-corrected chi connectivity index (χ2v) is 9.18. The van der Waals surface area contributed by atoms with E-state index in [4.69, 9.17) is 0 Å². The van der Waals surface area contributed by atoms with Gasteiger partial charge in [-0.05, 0) is 57.1 Å². The number of halogens is 2. The van der Waals surface area contributed by atoms with Gasteiger partial charge in [-0.1, -0.05) is 0 Å². The number of aliphatic hydroxyl groups excluding tert-OH is 1. The Morgan fingerprint density at radius 2 is 2.00 bits per heavy atom. The second-order valence-electron chi connectivity index (χ2n) is 7.89. The third kappa shape index (κ3) is 4.38. The van der Waals surface area contributed by atoms with Crippen molar-refractivity contribution in [3.05, 3.63) is 23.7 Å². The number of allylic oxidation sites excluding steroid dienone is 2. The van der Waals surface area contributed by atoms with E-state index in [-0.39, 0.29) is 6.10 Å². The lowest BCUT2D eigenvalue weighted by Gasteiger charge is -2.27. The molecule has 4 rings (SSSR count). The summed E-state index contributed by atoms with van der Waals surface area (Å²) in [5.41, 5.74) is 0.690. The monoisotopic (exact) mass is 409 g/mol. The molecule has 3 atom stereocenters. The van der Waals surface area contributed by atoms with Crippen molar-refractivity contribution in [1.82, 2.24) is 5.32 Å². The van der Waals surface area contributed by atoms with Gasteiger partial charge in [0.2, 0.25) is 5.91 Å². The smallest absolute Gasteiger partial charge is 0.241 e. The average molecular weight is 410 g/mol. The molecule has 2 saturated carbocycles. The Hall–Kier alpha value is -1.54. The number of hydrogen-bond acceptors (Lipinski definition) is 5. The summed E-state index contributed by atoms with van der Waals surface area (Å²) in [6.07, 6.45) is 7.08. The first-order valence-electron chi connectivity index (χ1n) is 9.98. The summed E-state index contributed by atoms with van der Waals surface area (Å²) >= 11 is 1.70. The Labute approximate surface area is 167 Å². The molecule has 5 nitrogen and oxygen atoms in total. The fraction of sp³-hybridized carbons (Fsp3) is 0.650. The molecule has 2 fully saturated rings. The van der Waals surface area contributed by atoms with E-state index in [2.05, 4.69) is 15.3 Å². The highest BCUT2D eigenvalue weighted by molar-refractivity contribution is 8.00. The van der Waals surface area contributed by atoms with E-state index >= 15 is 0 Å². The Kier molecular flexibility index (Phi) is 5.96. The van der Waals surface area contributed by atoms with Crippen molar-refractivity contribution in [2.45, 2.75) is 68.5 Å². The molecule has 8 heteroatoms.